The molecule has 0 aliphatic carbocycles. The van der Waals surface area contributed by atoms with Crippen LogP contribution in [0.4, 0.5) is 4.79 Å². The van der Waals surface area contributed by atoms with E-state index in [1.165, 1.54) is 4.68 Å². The minimum Gasteiger partial charge on any atom is -0.323 e. The van der Waals surface area contributed by atoms with Gasteiger partial charge in [-0.25, -0.2) is 4.79 Å². The maximum Gasteiger partial charge on any atom is 0.344 e. The Bertz CT molecular complexity index is 442. The summed E-state index contributed by atoms with van der Waals surface area (Å²) in [4.78, 5) is 14.1. The van der Waals surface area contributed by atoms with Gasteiger partial charge in [-0.3, -0.25) is 0 Å². The number of piperidine rings is 1. The number of hydrogen-bond donors (Lipinski definition) is 0. The zero-order valence-corrected chi connectivity index (χ0v) is 11.2. The molecule has 98 valence electrons. The van der Waals surface area contributed by atoms with Crippen molar-refractivity contribution in [2.75, 3.05) is 13.1 Å². The minimum absolute atomic E-state index is 0.0166. The van der Waals surface area contributed by atoms with E-state index in [9.17, 15) is 4.79 Å². The van der Waals surface area contributed by atoms with Gasteiger partial charge in [-0.2, -0.15) is 9.78 Å². The van der Waals surface area contributed by atoms with E-state index in [0.29, 0.717) is 0 Å². The van der Waals surface area contributed by atoms with Crippen LogP contribution in [0.2, 0.25) is 0 Å². The Kier molecular flexibility index (Phi) is 3.84. The predicted octanol–water partition coefficient (Wildman–Crippen LogP) is 3.01. The second-order valence-corrected chi connectivity index (χ2v) is 5.05. The summed E-state index contributed by atoms with van der Waals surface area (Å²) in [5.74, 6) is 0.724. The van der Waals surface area contributed by atoms with Gasteiger partial charge in [0.05, 0.1) is 5.69 Å². The van der Waals surface area contributed by atoms with Gasteiger partial charge in [0.2, 0.25) is 0 Å². The van der Waals surface area contributed by atoms with Crippen LogP contribution < -0.4 is 0 Å². The average molecular weight is 247 g/mol. The third-order valence-electron chi connectivity index (χ3n) is 3.63. The summed E-state index contributed by atoms with van der Waals surface area (Å²) >= 11 is 0. The number of allylic oxidation sites excluding steroid dienone is 1. The smallest absolute Gasteiger partial charge is 0.323 e. The van der Waals surface area contributed by atoms with Crippen LogP contribution in [0.3, 0.4) is 0 Å². The van der Waals surface area contributed by atoms with Crippen LogP contribution in [0, 0.1) is 5.92 Å². The van der Waals surface area contributed by atoms with Gasteiger partial charge in [0.25, 0.3) is 0 Å². The van der Waals surface area contributed by atoms with Gasteiger partial charge in [-0.15, -0.1) is 0 Å². The molecule has 1 aromatic heterocycles. The van der Waals surface area contributed by atoms with Gasteiger partial charge in [0.1, 0.15) is 0 Å². The number of aromatic nitrogens is 2. The van der Waals surface area contributed by atoms with Crippen molar-refractivity contribution >= 4 is 11.6 Å². The summed E-state index contributed by atoms with van der Waals surface area (Å²) in [6.07, 6.45) is 4.76. The highest BCUT2D eigenvalue weighted by Crippen LogP contribution is 2.17. The molecule has 0 saturated carbocycles. The first-order valence-corrected chi connectivity index (χ1v) is 6.65. The first-order chi connectivity index (χ1) is 8.61. The topological polar surface area (TPSA) is 38.1 Å². The van der Waals surface area contributed by atoms with E-state index in [0.717, 1.165) is 49.5 Å². The number of likely N-dealkylation sites (tertiary alicyclic amines) is 1. The van der Waals surface area contributed by atoms with Crippen LogP contribution in [-0.4, -0.2) is 33.8 Å². The molecular weight excluding hydrogens is 226 g/mol. The number of hydrogen-bond acceptors (Lipinski definition) is 2. The maximum atomic E-state index is 12.2. The van der Waals surface area contributed by atoms with Gasteiger partial charge in [-0.05, 0) is 36.8 Å². The molecule has 2 rings (SSSR count). The molecule has 0 unspecified atom stereocenters. The van der Waals surface area contributed by atoms with Crippen LogP contribution in [0.1, 0.15) is 38.8 Å². The van der Waals surface area contributed by atoms with Crippen molar-refractivity contribution in [3.05, 3.63) is 24.5 Å². The van der Waals surface area contributed by atoms with Crippen molar-refractivity contribution in [2.45, 2.75) is 33.1 Å². The monoisotopic (exact) mass is 247 g/mol. The Morgan fingerprint density at radius 1 is 1.50 bits per heavy atom. The van der Waals surface area contributed by atoms with Gasteiger partial charge >= 0.3 is 6.03 Å². The molecule has 1 aliphatic heterocycles. The number of carbonyl (C=O) groups excluding carboxylic acids is 1. The SMILES string of the molecule is C=C(CC)c1ccn(C(=O)N2CCC(C)CC2)n1. The lowest BCUT2D eigenvalue weighted by molar-refractivity contribution is 0.172. The number of rotatable bonds is 2. The van der Waals surface area contributed by atoms with Gasteiger partial charge < -0.3 is 4.90 Å². The quantitative estimate of drug-likeness (QED) is 0.805. The van der Waals surface area contributed by atoms with Crippen LogP contribution >= 0.6 is 0 Å². The molecule has 0 N–H and O–H groups in total. The van der Waals surface area contributed by atoms with Gasteiger partial charge in [0.15, 0.2) is 0 Å². The average Bonchev–Trinajstić information content (AvgIpc) is 2.87. The maximum absolute atomic E-state index is 12.2. The van der Waals surface area contributed by atoms with E-state index in [1.54, 1.807) is 6.20 Å². The molecule has 4 heteroatoms. The van der Waals surface area contributed by atoms with Crippen molar-refractivity contribution in [1.29, 1.82) is 0 Å². The fourth-order valence-electron chi connectivity index (χ4n) is 2.14. The summed E-state index contributed by atoms with van der Waals surface area (Å²) in [5.41, 5.74) is 1.78. The highest BCUT2D eigenvalue weighted by molar-refractivity contribution is 5.76. The highest BCUT2D eigenvalue weighted by atomic mass is 16.2. The predicted molar refractivity (Wildman–Crippen MR) is 72.3 cm³/mol. The van der Waals surface area contributed by atoms with Crippen molar-refractivity contribution in [3.8, 4) is 0 Å². The fraction of sp³-hybridized carbons (Fsp3) is 0.571. The van der Waals surface area contributed by atoms with Crippen LogP contribution in [0.25, 0.3) is 5.57 Å². The van der Waals surface area contributed by atoms with Crippen LogP contribution in [0.5, 0.6) is 0 Å². The molecule has 1 amide bonds. The lowest BCUT2D eigenvalue weighted by Gasteiger charge is -2.29. The second-order valence-electron chi connectivity index (χ2n) is 5.05. The van der Waals surface area contributed by atoms with E-state index >= 15 is 0 Å². The zero-order chi connectivity index (χ0) is 13.1. The first kappa shape index (κ1) is 12.9. The number of carbonyl (C=O) groups is 1. The van der Waals surface area contributed by atoms with Crippen molar-refractivity contribution < 1.29 is 4.79 Å². The molecule has 1 saturated heterocycles. The lowest BCUT2D eigenvalue weighted by Crippen LogP contribution is -2.40. The third kappa shape index (κ3) is 2.63. The summed E-state index contributed by atoms with van der Waals surface area (Å²) in [6, 6.07) is 1.84. The van der Waals surface area contributed by atoms with E-state index < -0.39 is 0 Å². The third-order valence-corrected chi connectivity index (χ3v) is 3.63. The summed E-state index contributed by atoms with van der Waals surface area (Å²) in [7, 11) is 0. The molecule has 0 aromatic carbocycles. The molecule has 0 atom stereocenters. The summed E-state index contributed by atoms with van der Waals surface area (Å²) in [5, 5.41) is 4.30. The Labute approximate surface area is 108 Å². The Morgan fingerprint density at radius 3 is 2.78 bits per heavy atom. The molecule has 4 nitrogen and oxygen atoms in total. The summed E-state index contributed by atoms with van der Waals surface area (Å²) < 4.78 is 1.44. The van der Waals surface area contributed by atoms with E-state index in [-0.39, 0.29) is 6.03 Å². The second kappa shape index (κ2) is 5.38. The molecule has 0 spiro atoms. The molecule has 1 fully saturated rings. The minimum atomic E-state index is -0.0166. The normalized spacial score (nSPS) is 16.9. The molecule has 0 bridgehead atoms. The van der Waals surface area contributed by atoms with Gasteiger partial charge in [-0.1, -0.05) is 20.4 Å². The van der Waals surface area contributed by atoms with Crippen LogP contribution in [0.15, 0.2) is 18.8 Å². The molecule has 1 aromatic rings. The van der Waals surface area contributed by atoms with Gasteiger partial charge in [0, 0.05) is 19.3 Å². The molecule has 18 heavy (non-hydrogen) atoms. The highest BCUT2D eigenvalue weighted by Gasteiger charge is 2.22. The first-order valence-electron chi connectivity index (χ1n) is 6.65. The van der Waals surface area contributed by atoms with E-state index in [4.69, 9.17) is 0 Å². The van der Waals surface area contributed by atoms with Crippen molar-refractivity contribution in [3.63, 3.8) is 0 Å². The Balaban J connectivity index is 2.05. The van der Waals surface area contributed by atoms with Crippen LogP contribution in [-0.2, 0) is 0 Å². The van der Waals surface area contributed by atoms with Crippen molar-refractivity contribution in [1.82, 2.24) is 14.7 Å². The lowest BCUT2D eigenvalue weighted by atomic mass is 10.00. The number of amides is 1. The molecule has 1 aliphatic rings. The molecular formula is C14H21N3O. The summed E-state index contributed by atoms with van der Waals surface area (Å²) in [6.45, 7) is 9.88. The fourth-order valence-corrected chi connectivity index (χ4v) is 2.14. The Hall–Kier alpha value is -1.58. The zero-order valence-electron chi connectivity index (χ0n) is 11.2. The Morgan fingerprint density at radius 2 is 2.17 bits per heavy atom. The molecule has 0 radical (unpaired) electrons. The largest absolute Gasteiger partial charge is 0.344 e. The number of nitrogens with zero attached hydrogens (tertiary/aromatic N) is 3. The van der Waals surface area contributed by atoms with E-state index in [2.05, 4.69) is 18.6 Å². The molecule has 2 heterocycles. The van der Waals surface area contributed by atoms with Crippen molar-refractivity contribution in [2.24, 2.45) is 5.92 Å². The van der Waals surface area contributed by atoms with E-state index in [1.807, 2.05) is 17.9 Å². The standard InChI is InChI=1S/C14H21N3O/c1-4-12(3)13-7-10-17(15-13)14(18)16-8-5-11(2)6-9-16/h7,10-11H,3-6,8-9H2,1-2H3.